The molecule has 0 fully saturated rings. The average molecular weight is 428 g/mol. The van der Waals surface area contributed by atoms with Gasteiger partial charge in [-0.2, -0.15) is 0 Å². The normalized spacial score (nSPS) is 10.8. The number of aromatic nitrogens is 2. The van der Waals surface area contributed by atoms with Crippen molar-refractivity contribution in [3.8, 4) is 5.69 Å². The quantitative estimate of drug-likeness (QED) is 0.628. The van der Waals surface area contributed by atoms with Crippen LogP contribution in [0.15, 0.2) is 64.3 Å². The number of carbonyl (C=O) groups is 1. The van der Waals surface area contributed by atoms with Crippen LogP contribution in [0, 0.1) is 6.92 Å². The molecule has 0 saturated heterocycles. The van der Waals surface area contributed by atoms with Gasteiger partial charge in [0.15, 0.2) is 0 Å². The van der Waals surface area contributed by atoms with Crippen LogP contribution in [0.4, 0.5) is 0 Å². The van der Waals surface area contributed by atoms with Crippen molar-refractivity contribution >= 4 is 17.5 Å². The van der Waals surface area contributed by atoms with Gasteiger partial charge < -0.3 is 10.1 Å². The third-order valence-electron chi connectivity index (χ3n) is 4.58. The molecule has 3 aromatic rings. The van der Waals surface area contributed by atoms with Crippen molar-refractivity contribution < 1.29 is 9.53 Å². The van der Waals surface area contributed by atoms with Crippen LogP contribution in [0.1, 0.15) is 21.5 Å². The van der Waals surface area contributed by atoms with Crippen molar-refractivity contribution in [3.63, 3.8) is 0 Å². The Labute approximate surface area is 178 Å². The zero-order valence-electron chi connectivity index (χ0n) is 16.7. The molecule has 1 N–H and O–H groups in total. The van der Waals surface area contributed by atoms with E-state index in [9.17, 15) is 14.4 Å². The molecule has 0 spiro atoms. The molecule has 0 aliphatic rings. The van der Waals surface area contributed by atoms with Crippen molar-refractivity contribution in [1.29, 1.82) is 0 Å². The van der Waals surface area contributed by atoms with Gasteiger partial charge in [0.1, 0.15) is 5.56 Å². The van der Waals surface area contributed by atoms with E-state index in [1.54, 1.807) is 18.2 Å². The summed E-state index contributed by atoms with van der Waals surface area (Å²) in [6.07, 6.45) is 1.27. The fourth-order valence-electron chi connectivity index (χ4n) is 2.93. The van der Waals surface area contributed by atoms with E-state index >= 15 is 0 Å². The van der Waals surface area contributed by atoms with Gasteiger partial charge in [0, 0.05) is 24.9 Å². The third kappa shape index (κ3) is 4.87. The first-order valence-electron chi connectivity index (χ1n) is 9.36. The van der Waals surface area contributed by atoms with Gasteiger partial charge in [-0.1, -0.05) is 47.5 Å². The summed E-state index contributed by atoms with van der Waals surface area (Å²) in [7, 11) is 1.51. The Morgan fingerprint density at radius 2 is 1.87 bits per heavy atom. The first kappa shape index (κ1) is 21.5. The van der Waals surface area contributed by atoms with Crippen molar-refractivity contribution in [2.75, 3.05) is 13.7 Å². The zero-order valence-corrected chi connectivity index (χ0v) is 17.5. The summed E-state index contributed by atoms with van der Waals surface area (Å²) in [5.74, 6) is -0.567. The highest BCUT2D eigenvalue weighted by Crippen LogP contribution is 2.12. The van der Waals surface area contributed by atoms with E-state index in [-0.39, 0.29) is 30.9 Å². The van der Waals surface area contributed by atoms with Gasteiger partial charge in [0.05, 0.1) is 18.8 Å². The highest BCUT2D eigenvalue weighted by Gasteiger charge is 2.18. The number of halogens is 1. The van der Waals surface area contributed by atoms with E-state index in [2.05, 4.69) is 5.32 Å². The fourth-order valence-corrected chi connectivity index (χ4v) is 3.12. The molecule has 0 radical (unpaired) electrons. The molecule has 0 atom stereocenters. The summed E-state index contributed by atoms with van der Waals surface area (Å²) in [5.41, 5.74) is 0.873. The number of hydrogen-bond donors (Lipinski definition) is 1. The molecule has 0 aliphatic heterocycles. The Hall–Kier alpha value is -3.16. The van der Waals surface area contributed by atoms with E-state index in [0.29, 0.717) is 5.02 Å². The van der Waals surface area contributed by atoms with E-state index in [4.69, 9.17) is 16.3 Å². The van der Waals surface area contributed by atoms with Gasteiger partial charge in [0.25, 0.3) is 11.5 Å². The van der Waals surface area contributed by atoms with Crippen LogP contribution in [0.5, 0.6) is 0 Å². The zero-order chi connectivity index (χ0) is 21.7. The molecule has 0 unspecified atom stereocenters. The van der Waals surface area contributed by atoms with Crippen molar-refractivity contribution in [2.45, 2.75) is 20.0 Å². The van der Waals surface area contributed by atoms with E-state index in [0.717, 1.165) is 15.7 Å². The predicted molar refractivity (Wildman–Crippen MR) is 116 cm³/mol. The summed E-state index contributed by atoms with van der Waals surface area (Å²) in [4.78, 5) is 38.7. The lowest BCUT2D eigenvalue weighted by Crippen LogP contribution is -2.43. The lowest BCUT2D eigenvalue weighted by molar-refractivity contribution is 0.0947. The number of nitrogens with zero attached hydrogens (tertiary/aromatic N) is 2. The van der Waals surface area contributed by atoms with Gasteiger partial charge in [0.2, 0.25) is 0 Å². The van der Waals surface area contributed by atoms with Crippen LogP contribution in [-0.2, 0) is 17.8 Å². The maximum Gasteiger partial charge on any atom is 0.335 e. The summed E-state index contributed by atoms with van der Waals surface area (Å²) < 4.78 is 7.27. The van der Waals surface area contributed by atoms with Crippen LogP contribution < -0.4 is 16.6 Å². The highest BCUT2D eigenvalue weighted by atomic mass is 35.5. The minimum atomic E-state index is -0.711. The maximum absolute atomic E-state index is 13.0. The Morgan fingerprint density at radius 3 is 2.53 bits per heavy atom. The molecule has 3 rings (SSSR count). The van der Waals surface area contributed by atoms with Gasteiger partial charge >= 0.3 is 5.69 Å². The molecule has 0 saturated carbocycles. The predicted octanol–water partition coefficient (Wildman–Crippen LogP) is 2.54. The third-order valence-corrected chi connectivity index (χ3v) is 4.81. The monoisotopic (exact) mass is 427 g/mol. The van der Waals surface area contributed by atoms with Crippen molar-refractivity contribution in [1.82, 2.24) is 14.5 Å². The molecule has 156 valence electrons. The van der Waals surface area contributed by atoms with Gasteiger partial charge in [-0.05, 0) is 30.7 Å². The largest absolute Gasteiger partial charge is 0.383 e. The van der Waals surface area contributed by atoms with Crippen LogP contribution in [-0.4, -0.2) is 28.8 Å². The van der Waals surface area contributed by atoms with Crippen molar-refractivity contribution in [2.24, 2.45) is 0 Å². The number of amides is 1. The number of methoxy groups -OCH3 is 1. The fraction of sp³-hybridized carbons (Fsp3) is 0.227. The van der Waals surface area contributed by atoms with E-state index in [1.807, 2.05) is 31.2 Å². The first-order chi connectivity index (χ1) is 14.4. The summed E-state index contributed by atoms with van der Waals surface area (Å²) in [6.45, 7) is 2.67. The lowest BCUT2D eigenvalue weighted by Gasteiger charge is -2.13. The topological polar surface area (TPSA) is 82.3 Å². The summed E-state index contributed by atoms with van der Waals surface area (Å²) in [6, 6.07) is 14.0. The van der Waals surface area contributed by atoms with Gasteiger partial charge in [-0.3, -0.25) is 14.2 Å². The molecule has 1 amide bonds. The number of nitrogens with one attached hydrogen (secondary N) is 1. The Kier molecular flexibility index (Phi) is 6.87. The number of rotatable bonds is 7. The van der Waals surface area contributed by atoms with Gasteiger partial charge in [-0.25, -0.2) is 9.36 Å². The van der Waals surface area contributed by atoms with E-state index in [1.165, 1.54) is 23.9 Å². The van der Waals surface area contributed by atoms with Crippen molar-refractivity contribution in [3.05, 3.63) is 97.3 Å². The molecular weight excluding hydrogens is 406 g/mol. The number of hydrogen-bond acceptors (Lipinski definition) is 4. The average Bonchev–Trinajstić information content (AvgIpc) is 2.73. The second-order valence-electron chi connectivity index (χ2n) is 6.80. The molecular formula is C22H22ClN3O4. The first-order valence-corrected chi connectivity index (χ1v) is 9.73. The summed E-state index contributed by atoms with van der Waals surface area (Å²) in [5, 5.41) is 3.12. The van der Waals surface area contributed by atoms with E-state index < -0.39 is 17.2 Å². The summed E-state index contributed by atoms with van der Waals surface area (Å²) >= 11 is 6.03. The minimum Gasteiger partial charge on any atom is -0.383 e. The van der Waals surface area contributed by atoms with Gasteiger partial charge in [-0.15, -0.1) is 0 Å². The number of carbonyl (C=O) groups excluding carboxylic acids is 1. The standard InChI is InChI=1S/C22H22ClN3O4/c1-15-6-8-16(9-7-15)13-24-20(27)19-14-25(10-11-30-2)22(29)26(21(19)28)18-5-3-4-17(23)12-18/h3-9,12,14H,10-11,13H2,1-2H3,(H,24,27). The SMILES string of the molecule is COCCn1cc(C(=O)NCc2ccc(C)cc2)c(=O)n(-c2cccc(Cl)c2)c1=O. The lowest BCUT2D eigenvalue weighted by atomic mass is 10.1. The van der Waals surface area contributed by atoms with Crippen LogP contribution in [0.3, 0.4) is 0 Å². The molecule has 7 nitrogen and oxygen atoms in total. The van der Waals surface area contributed by atoms with Crippen LogP contribution in [0.2, 0.25) is 5.02 Å². The molecule has 0 aliphatic carbocycles. The molecule has 8 heteroatoms. The van der Waals surface area contributed by atoms with Crippen LogP contribution >= 0.6 is 11.6 Å². The molecule has 1 aromatic heterocycles. The second-order valence-corrected chi connectivity index (χ2v) is 7.24. The maximum atomic E-state index is 13.0. The second kappa shape index (κ2) is 9.56. The molecule has 0 bridgehead atoms. The number of benzene rings is 2. The molecule has 1 heterocycles. The highest BCUT2D eigenvalue weighted by molar-refractivity contribution is 6.30. The number of ether oxygens (including phenoxy) is 1. The Morgan fingerprint density at radius 1 is 1.13 bits per heavy atom. The number of aryl methyl sites for hydroxylation is 1. The molecule has 30 heavy (non-hydrogen) atoms. The molecule has 2 aromatic carbocycles. The Bertz CT molecular complexity index is 1170. The Balaban J connectivity index is 2.01. The smallest absolute Gasteiger partial charge is 0.335 e. The minimum absolute atomic E-state index is 0.141. The van der Waals surface area contributed by atoms with Crippen LogP contribution in [0.25, 0.3) is 5.69 Å².